The highest BCUT2D eigenvalue weighted by Gasteiger charge is 2.28. The van der Waals surface area contributed by atoms with E-state index in [0.717, 1.165) is 0 Å². The second-order valence-electron chi connectivity index (χ2n) is 6.49. The summed E-state index contributed by atoms with van der Waals surface area (Å²) in [5.74, 6) is 0. The van der Waals surface area contributed by atoms with Crippen molar-refractivity contribution in [2.45, 2.75) is 26.9 Å². The maximum absolute atomic E-state index is 11.8. The van der Waals surface area contributed by atoms with Crippen LogP contribution >= 0.6 is 0 Å². The van der Waals surface area contributed by atoms with Gasteiger partial charge < -0.3 is 15.2 Å². The van der Waals surface area contributed by atoms with E-state index in [4.69, 9.17) is 4.74 Å². The zero-order chi connectivity index (χ0) is 17.2. The van der Waals surface area contributed by atoms with Crippen LogP contribution in [0.1, 0.15) is 20.8 Å². The van der Waals surface area contributed by atoms with Crippen molar-refractivity contribution in [1.29, 1.82) is 0 Å². The number of benzene rings is 1. The molecule has 1 aromatic carbocycles. The van der Waals surface area contributed by atoms with Gasteiger partial charge in [0.05, 0.1) is 28.9 Å². The number of nitro groups is 1. The normalized spacial score (nSPS) is 16.2. The molecule has 0 bridgehead atoms. The average molecular weight is 323 g/mol. The van der Waals surface area contributed by atoms with Crippen molar-refractivity contribution >= 4 is 23.2 Å². The summed E-state index contributed by atoms with van der Waals surface area (Å²) < 4.78 is 4.90. The molecule has 0 spiro atoms. The molecule has 0 aliphatic carbocycles. The Morgan fingerprint density at radius 3 is 2.70 bits per heavy atom. The van der Waals surface area contributed by atoms with E-state index in [-0.39, 0.29) is 24.3 Å². The second kappa shape index (κ2) is 6.41. The Bertz CT molecular complexity index is 612. The Balaban J connectivity index is 2.27. The fraction of sp³-hybridized carbons (Fsp3) is 0.533. The SMILES string of the molecule is CC(C)(C)C(O)CNc1ccc([N+](=O)[O-])cc1N1CCOC1=O. The summed E-state index contributed by atoms with van der Waals surface area (Å²) in [5.41, 5.74) is 0.503. The lowest BCUT2D eigenvalue weighted by Crippen LogP contribution is -2.33. The highest BCUT2D eigenvalue weighted by molar-refractivity contribution is 5.94. The number of cyclic esters (lactones) is 1. The van der Waals surface area contributed by atoms with Crippen LogP contribution in [-0.4, -0.2) is 41.9 Å². The van der Waals surface area contributed by atoms with Gasteiger partial charge in [-0.25, -0.2) is 4.79 Å². The molecule has 1 amide bonds. The summed E-state index contributed by atoms with van der Waals surface area (Å²) in [6.45, 7) is 6.56. The number of nitro benzene ring substituents is 1. The van der Waals surface area contributed by atoms with Gasteiger partial charge in [-0.3, -0.25) is 15.0 Å². The quantitative estimate of drug-likeness (QED) is 0.636. The van der Waals surface area contributed by atoms with E-state index in [1.54, 1.807) is 0 Å². The van der Waals surface area contributed by atoms with Crippen LogP contribution in [-0.2, 0) is 4.74 Å². The minimum absolute atomic E-state index is 0.110. The van der Waals surface area contributed by atoms with Crippen molar-refractivity contribution in [3.8, 4) is 0 Å². The van der Waals surface area contributed by atoms with Crippen molar-refractivity contribution < 1.29 is 19.6 Å². The number of carbonyl (C=O) groups excluding carboxylic acids is 1. The first-order valence-electron chi connectivity index (χ1n) is 7.35. The van der Waals surface area contributed by atoms with Gasteiger partial charge in [0.25, 0.3) is 5.69 Å². The van der Waals surface area contributed by atoms with Crippen LogP contribution in [0.5, 0.6) is 0 Å². The molecule has 1 unspecified atom stereocenters. The lowest BCUT2D eigenvalue weighted by atomic mass is 9.89. The predicted octanol–water partition coefficient (Wildman–Crippen LogP) is 2.37. The molecule has 0 radical (unpaired) electrons. The summed E-state index contributed by atoms with van der Waals surface area (Å²) in [6, 6.07) is 4.23. The number of ether oxygens (including phenoxy) is 1. The van der Waals surface area contributed by atoms with Crippen LogP contribution in [0.25, 0.3) is 0 Å². The van der Waals surface area contributed by atoms with Crippen molar-refractivity contribution in [2.75, 3.05) is 29.9 Å². The van der Waals surface area contributed by atoms with Crippen molar-refractivity contribution in [3.63, 3.8) is 0 Å². The Morgan fingerprint density at radius 2 is 2.17 bits per heavy atom. The molecule has 1 fully saturated rings. The van der Waals surface area contributed by atoms with Crippen LogP contribution in [0, 0.1) is 15.5 Å². The predicted molar refractivity (Wildman–Crippen MR) is 85.7 cm³/mol. The molecule has 2 N–H and O–H groups in total. The number of amides is 1. The average Bonchev–Trinajstić information content (AvgIpc) is 2.89. The summed E-state index contributed by atoms with van der Waals surface area (Å²) >= 11 is 0. The number of nitrogens with zero attached hydrogens (tertiary/aromatic N) is 2. The van der Waals surface area contributed by atoms with Gasteiger partial charge >= 0.3 is 6.09 Å². The van der Waals surface area contributed by atoms with Crippen LogP contribution < -0.4 is 10.2 Å². The molecular weight excluding hydrogens is 302 g/mol. The third kappa shape index (κ3) is 3.89. The van der Waals surface area contributed by atoms with Gasteiger partial charge in [0.2, 0.25) is 0 Å². The van der Waals surface area contributed by atoms with Crippen molar-refractivity contribution in [1.82, 2.24) is 0 Å². The maximum Gasteiger partial charge on any atom is 0.414 e. The van der Waals surface area contributed by atoms with E-state index in [9.17, 15) is 20.0 Å². The zero-order valence-electron chi connectivity index (χ0n) is 13.4. The molecule has 2 rings (SSSR count). The molecule has 23 heavy (non-hydrogen) atoms. The van der Waals surface area contributed by atoms with Gasteiger partial charge in [-0.1, -0.05) is 20.8 Å². The molecule has 8 nitrogen and oxygen atoms in total. The van der Waals surface area contributed by atoms with E-state index in [2.05, 4.69) is 5.32 Å². The molecule has 0 saturated carbocycles. The third-order valence-corrected chi connectivity index (χ3v) is 3.73. The molecule has 0 aromatic heterocycles. The Kier molecular flexibility index (Phi) is 4.74. The summed E-state index contributed by atoms with van der Waals surface area (Å²) in [6.07, 6.45) is -1.15. The first-order valence-corrected chi connectivity index (χ1v) is 7.35. The molecule has 8 heteroatoms. The van der Waals surface area contributed by atoms with E-state index in [1.165, 1.54) is 23.1 Å². The number of nitrogens with one attached hydrogen (secondary N) is 1. The van der Waals surface area contributed by atoms with Gasteiger partial charge in [-0.05, 0) is 11.5 Å². The third-order valence-electron chi connectivity index (χ3n) is 3.73. The van der Waals surface area contributed by atoms with Crippen LogP contribution in [0.4, 0.5) is 21.9 Å². The summed E-state index contributed by atoms with van der Waals surface area (Å²) in [7, 11) is 0. The number of aliphatic hydroxyl groups is 1. The Morgan fingerprint density at radius 1 is 1.48 bits per heavy atom. The maximum atomic E-state index is 11.8. The number of hydrogen-bond donors (Lipinski definition) is 2. The van der Waals surface area contributed by atoms with Gasteiger partial charge in [-0.15, -0.1) is 0 Å². The zero-order valence-corrected chi connectivity index (χ0v) is 13.4. The monoisotopic (exact) mass is 323 g/mol. The number of aliphatic hydroxyl groups excluding tert-OH is 1. The van der Waals surface area contributed by atoms with Gasteiger partial charge in [0.1, 0.15) is 6.61 Å². The second-order valence-corrected chi connectivity index (χ2v) is 6.49. The Labute approximate surface area is 134 Å². The number of non-ortho nitro benzene ring substituents is 1. The molecule has 126 valence electrons. The highest BCUT2D eigenvalue weighted by Crippen LogP contribution is 2.32. The van der Waals surface area contributed by atoms with E-state index in [1.807, 2.05) is 20.8 Å². The number of carbonyl (C=O) groups is 1. The molecular formula is C15H21N3O5. The molecule has 1 atom stereocenters. The van der Waals surface area contributed by atoms with E-state index in [0.29, 0.717) is 17.9 Å². The lowest BCUT2D eigenvalue weighted by Gasteiger charge is -2.27. The fourth-order valence-electron chi connectivity index (χ4n) is 2.13. The highest BCUT2D eigenvalue weighted by atomic mass is 16.6. The minimum Gasteiger partial charge on any atom is -0.447 e. The fourth-order valence-corrected chi connectivity index (χ4v) is 2.13. The summed E-state index contributed by atoms with van der Waals surface area (Å²) in [5, 5.41) is 24.2. The van der Waals surface area contributed by atoms with Gasteiger partial charge in [-0.2, -0.15) is 0 Å². The van der Waals surface area contributed by atoms with Crippen LogP contribution in [0.15, 0.2) is 18.2 Å². The van der Waals surface area contributed by atoms with Crippen LogP contribution in [0.3, 0.4) is 0 Å². The first kappa shape index (κ1) is 17.0. The Hall–Kier alpha value is -2.35. The van der Waals surface area contributed by atoms with E-state index < -0.39 is 17.1 Å². The molecule has 1 heterocycles. The van der Waals surface area contributed by atoms with Gasteiger partial charge in [0, 0.05) is 18.7 Å². The largest absolute Gasteiger partial charge is 0.447 e. The topological polar surface area (TPSA) is 105 Å². The first-order chi connectivity index (χ1) is 10.7. The minimum atomic E-state index is -0.615. The van der Waals surface area contributed by atoms with Crippen LogP contribution in [0.2, 0.25) is 0 Å². The van der Waals surface area contributed by atoms with Gasteiger partial charge in [0.15, 0.2) is 0 Å². The number of anilines is 2. The molecule has 1 aliphatic heterocycles. The summed E-state index contributed by atoms with van der Waals surface area (Å²) in [4.78, 5) is 23.6. The smallest absolute Gasteiger partial charge is 0.414 e. The lowest BCUT2D eigenvalue weighted by molar-refractivity contribution is -0.384. The number of rotatable bonds is 5. The van der Waals surface area contributed by atoms with Crippen molar-refractivity contribution in [2.24, 2.45) is 5.41 Å². The van der Waals surface area contributed by atoms with E-state index >= 15 is 0 Å². The molecule has 1 saturated heterocycles. The van der Waals surface area contributed by atoms with Crippen molar-refractivity contribution in [3.05, 3.63) is 28.3 Å². The molecule has 1 aliphatic rings. The standard InChI is InChI=1S/C15H21N3O5/c1-15(2,3)13(19)9-16-11-5-4-10(18(21)22)8-12(11)17-6-7-23-14(17)20/h4-5,8,13,16,19H,6-7,9H2,1-3H3. The number of hydrogen-bond acceptors (Lipinski definition) is 6. The molecule has 1 aromatic rings.